The van der Waals surface area contributed by atoms with Crippen LogP contribution in [0.25, 0.3) is 0 Å². The number of nitrogens with one attached hydrogen (secondary N) is 1. The van der Waals surface area contributed by atoms with Crippen molar-refractivity contribution in [2.24, 2.45) is 0 Å². The summed E-state index contributed by atoms with van der Waals surface area (Å²) < 4.78 is 5.60. The molecule has 0 radical (unpaired) electrons. The van der Waals surface area contributed by atoms with E-state index in [2.05, 4.69) is 15.3 Å². The van der Waals surface area contributed by atoms with Crippen LogP contribution in [-0.2, 0) is 17.8 Å². The van der Waals surface area contributed by atoms with Crippen LogP contribution in [0.1, 0.15) is 16.3 Å². The number of ether oxygens (including phenoxy) is 1. The number of thiazole rings is 1. The Balaban J connectivity index is 1.53. The fourth-order valence-electron chi connectivity index (χ4n) is 2.11. The molecule has 0 saturated heterocycles. The van der Waals surface area contributed by atoms with E-state index in [0.717, 1.165) is 10.6 Å². The maximum absolute atomic E-state index is 12.1. The molecular formula is C18H16ClN3O2S. The Morgan fingerprint density at radius 1 is 1.36 bits per heavy atom. The molecule has 2 heterocycles. The number of anilines is 1. The highest BCUT2D eigenvalue weighted by atomic mass is 35.5. The van der Waals surface area contributed by atoms with Gasteiger partial charge < -0.3 is 10.1 Å². The Bertz CT molecular complexity index is 868. The molecule has 0 atom stereocenters. The van der Waals surface area contributed by atoms with Gasteiger partial charge in [0.05, 0.1) is 18.3 Å². The number of amides is 1. The first-order chi connectivity index (χ1) is 12.1. The van der Waals surface area contributed by atoms with Crippen LogP contribution in [0.4, 0.5) is 5.69 Å². The van der Waals surface area contributed by atoms with Crippen LogP contribution in [0.5, 0.6) is 5.75 Å². The van der Waals surface area contributed by atoms with Gasteiger partial charge in [-0.1, -0.05) is 17.7 Å². The molecular weight excluding hydrogens is 358 g/mol. The van der Waals surface area contributed by atoms with Gasteiger partial charge in [-0.3, -0.25) is 9.78 Å². The average molecular weight is 374 g/mol. The van der Waals surface area contributed by atoms with Crippen molar-refractivity contribution in [3.8, 4) is 5.75 Å². The van der Waals surface area contributed by atoms with Gasteiger partial charge in [-0.25, -0.2) is 4.98 Å². The predicted octanol–water partition coefficient (Wildman–Crippen LogP) is 4.26. The molecule has 128 valence electrons. The molecule has 5 nitrogen and oxygen atoms in total. The zero-order valence-corrected chi connectivity index (χ0v) is 15.1. The molecule has 0 aliphatic carbocycles. The van der Waals surface area contributed by atoms with Gasteiger partial charge in [-0.15, -0.1) is 11.3 Å². The van der Waals surface area contributed by atoms with E-state index in [4.69, 9.17) is 16.3 Å². The predicted molar refractivity (Wildman–Crippen MR) is 99.2 cm³/mol. The summed E-state index contributed by atoms with van der Waals surface area (Å²) in [4.78, 5) is 20.6. The largest absolute Gasteiger partial charge is 0.485 e. The third kappa shape index (κ3) is 5.01. The average Bonchev–Trinajstić information content (AvgIpc) is 3.04. The zero-order valence-electron chi connectivity index (χ0n) is 13.5. The van der Waals surface area contributed by atoms with Gasteiger partial charge >= 0.3 is 0 Å². The first kappa shape index (κ1) is 17.4. The van der Waals surface area contributed by atoms with E-state index in [-0.39, 0.29) is 12.3 Å². The van der Waals surface area contributed by atoms with Crippen molar-refractivity contribution in [2.75, 3.05) is 5.32 Å². The van der Waals surface area contributed by atoms with Crippen LogP contribution in [0.2, 0.25) is 5.02 Å². The minimum Gasteiger partial charge on any atom is -0.485 e. The number of aryl methyl sites for hydroxylation is 1. The Hall–Kier alpha value is -2.44. The number of nitrogens with zero attached hydrogens (tertiary/aromatic N) is 2. The monoisotopic (exact) mass is 373 g/mol. The second-order valence-corrected chi connectivity index (χ2v) is 6.75. The molecule has 2 aromatic heterocycles. The Morgan fingerprint density at radius 2 is 2.24 bits per heavy atom. The number of rotatable bonds is 6. The molecule has 0 aliphatic heterocycles. The van der Waals surface area contributed by atoms with Crippen LogP contribution in [0.15, 0.2) is 48.1 Å². The zero-order chi connectivity index (χ0) is 17.6. The van der Waals surface area contributed by atoms with Crippen molar-refractivity contribution < 1.29 is 9.53 Å². The lowest BCUT2D eigenvalue weighted by Crippen LogP contribution is -2.14. The highest BCUT2D eigenvalue weighted by molar-refractivity contribution is 7.09. The van der Waals surface area contributed by atoms with Gasteiger partial charge in [-0.05, 0) is 36.8 Å². The maximum atomic E-state index is 12.1. The van der Waals surface area contributed by atoms with Gasteiger partial charge in [0.1, 0.15) is 17.4 Å². The van der Waals surface area contributed by atoms with E-state index >= 15 is 0 Å². The quantitative estimate of drug-likeness (QED) is 0.701. The molecule has 0 bridgehead atoms. The minimum absolute atomic E-state index is 0.134. The lowest BCUT2D eigenvalue weighted by Gasteiger charge is -2.06. The first-order valence-electron chi connectivity index (χ1n) is 7.62. The number of hydrogen-bond acceptors (Lipinski definition) is 5. The SMILES string of the molecule is Cc1ccc(NC(=O)Cc2csc(COc3cccnc3)n2)cc1Cl. The van der Waals surface area contributed by atoms with Crippen molar-refractivity contribution >= 4 is 34.5 Å². The van der Waals surface area contributed by atoms with Gasteiger partial charge in [0.2, 0.25) is 5.91 Å². The van der Waals surface area contributed by atoms with E-state index < -0.39 is 0 Å². The number of halogens is 1. The van der Waals surface area contributed by atoms with E-state index in [9.17, 15) is 4.79 Å². The van der Waals surface area contributed by atoms with Crippen molar-refractivity contribution in [1.82, 2.24) is 9.97 Å². The summed E-state index contributed by atoms with van der Waals surface area (Å²) in [7, 11) is 0. The van der Waals surface area contributed by atoms with Gasteiger partial charge in [0.25, 0.3) is 0 Å². The summed E-state index contributed by atoms with van der Waals surface area (Å²) >= 11 is 7.53. The van der Waals surface area contributed by atoms with Crippen LogP contribution in [0.3, 0.4) is 0 Å². The summed E-state index contributed by atoms with van der Waals surface area (Å²) in [5, 5.41) is 6.13. The molecule has 0 saturated carbocycles. The molecule has 1 aromatic carbocycles. The second kappa shape index (κ2) is 8.09. The third-order valence-corrected chi connectivity index (χ3v) is 4.67. The fourth-order valence-corrected chi connectivity index (χ4v) is 3.00. The smallest absolute Gasteiger partial charge is 0.230 e. The highest BCUT2D eigenvalue weighted by Crippen LogP contribution is 2.20. The maximum Gasteiger partial charge on any atom is 0.230 e. The second-order valence-electron chi connectivity index (χ2n) is 5.40. The number of carbonyl (C=O) groups excluding carboxylic acids is 1. The molecule has 0 aliphatic rings. The van der Waals surface area contributed by atoms with Crippen LogP contribution in [-0.4, -0.2) is 15.9 Å². The Morgan fingerprint density at radius 3 is 3.00 bits per heavy atom. The number of pyridine rings is 1. The molecule has 3 rings (SSSR count). The molecule has 3 aromatic rings. The Kier molecular flexibility index (Phi) is 5.63. The summed E-state index contributed by atoms with van der Waals surface area (Å²) in [6, 6.07) is 9.08. The van der Waals surface area contributed by atoms with E-state index in [1.807, 2.05) is 36.6 Å². The van der Waals surface area contributed by atoms with E-state index in [1.54, 1.807) is 18.5 Å². The Labute approximate surface area is 154 Å². The lowest BCUT2D eigenvalue weighted by atomic mass is 10.2. The molecule has 1 N–H and O–H groups in total. The molecule has 7 heteroatoms. The summed E-state index contributed by atoms with van der Waals surface area (Å²) in [6.07, 6.45) is 3.54. The molecule has 0 fully saturated rings. The van der Waals surface area contributed by atoms with Crippen LogP contribution >= 0.6 is 22.9 Å². The van der Waals surface area contributed by atoms with Gasteiger partial charge in [0, 0.05) is 22.3 Å². The molecule has 0 spiro atoms. The molecule has 25 heavy (non-hydrogen) atoms. The van der Waals surface area contributed by atoms with Crippen LogP contribution < -0.4 is 10.1 Å². The van der Waals surface area contributed by atoms with E-state index in [1.165, 1.54) is 11.3 Å². The lowest BCUT2D eigenvalue weighted by molar-refractivity contribution is -0.115. The summed E-state index contributed by atoms with van der Waals surface area (Å²) in [5.74, 6) is 0.554. The molecule has 0 unspecified atom stereocenters. The van der Waals surface area contributed by atoms with Gasteiger partial charge in [0.15, 0.2) is 0 Å². The number of carbonyl (C=O) groups is 1. The topological polar surface area (TPSA) is 64.1 Å². The highest BCUT2D eigenvalue weighted by Gasteiger charge is 2.09. The number of hydrogen-bond donors (Lipinski definition) is 1. The van der Waals surface area contributed by atoms with Crippen molar-refractivity contribution in [3.63, 3.8) is 0 Å². The fraction of sp³-hybridized carbons (Fsp3) is 0.167. The number of aromatic nitrogens is 2. The van der Waals surface area contributed by atoms with Crippen LogP contribution in [0, 0.1) is 6.92 Å². The van der Waals surface area contributed by atoms with Gasteiger partial charge in [-0.2, -0.15) is 0 Å². The van der Waals surface area contributed by atoms with E-state index in [0.29, 0.717) is 28.8 Å². The third-order valence-electron chi connectivity index (χ3n) is 3.39. The molecule has 1 amide bonds. The number of benzene rings is 1. The van der Waals surface area contributed by atoms with Crippen molar-refractivity contribution in [3.05, 3.63) is 69.4 Å². The summed E-state index contributed by atoms with van der Waals surface area (Å²) in [5.41, 5.74) is 2.36. The normalized spacial score (nSPS) is 10.5. The standard InChI is InChI=1S/C18H16ClN3O2S/c1-12-4-5-13(7-16(12)19)21-17(23)8-14-11-25-18(22-14)10-24-15-3-2-6-20-9-15/h2-7,9,11H,8,10H2,1H3,(H,21,23). The van der Waals surface area contributed by atoms with Crippen molar-refractivity contribution in [1.29, 1.82) is 0 Å². The van der Waals surface area contributed by atoms with Crippen molar-refractivity contribution in [2.45, 2.75) is 20.0 Å². The minimum atomic E-state index is -0.134. The summed E-state index contributed by atoms with van der Waals surface area (Å²) in [6.45, 7) is 2.27. The first-order valence-corrected chi connectivity index (χ1v) is 8.88.